The molecule has 1 atom stereocenters. The van der Waals surface area contributed by atoms with Crippen LogP contribution in [0.15, 0.2) is 29.9 Å². The van der Waals surface area contributed by atoms with Gasteiger partial charge in [-0.25, -0.2) is 9.97 Å². The molecule has 0 aliphatic heterocycles. The zero-order valence-corrected chi connectivity index (χ0v) is 13.4. The van der Waals surface area contributed by atoms with E-state index in [1.165, 1.54) is 9.75 Å². The van der Waals surface area contributed by atoms with Gasteiger partial charge in [0.25, 0.3) is 0 Å². The van der Waals surface area contributed by atoms with Crippen molar-refractivity contribution in [3.63, 3.8) is 0 Å². The standard InChI is InChI=1S/C15H17N3OS2/c1-2-10-8-11-14(16-9-17-15(11)21-10)18-12(5-6-19)13-4-3-7-20-13/h3-4,7-9,12,19H,2,5-6H2,1H3,(H,16,17,18). The molecule has 4 nitrogen and oxygen atoms in total. The molecule has 3 heterocycles. The van der Waals surface area contributed by atoms with Gasteiger partial charge in [-0.3, -0.25) is 0 Å². The Hall–Kier alpha value is -1.50. The summed E-state index contributed by atoms with van der Waals surface area (Å²) in [4.78, 5) is 12.3. The van der Waals surface area contributed by atoms with Crippen LogP contribution < -0.4 is 5.32 Å². The fourth-order valence-electron chi connectivity index (χ4n) is 2.26. The summed E-state index contributed by atoms with van der Waals surface area (Å²) < 4.78 is 0. The summed E-state index contributed by atoms with van der Waals surface area (Å²) in [5.41, 5.74) is 0. The van der Waals surface area contributed by atoms with E-state index >= 15 is 0 Å². The van der Waals surface area contributed by atoms with E-state index in [0.717, 1.165) is 22.5 Å². The van der Waals surface area contributed by atoms with Gasteiger partial charge >= 0.3 is 0 Å². The SMILES string of the molecule is CCc1cc2c(NC(CCO)c3cccs3)ncnc2s1. The highest BCUT2D eigenvalue weighted by atomic mass is 32.1. The number of nitrogens with zero attached hydrogens (tertiary/aromatic N) is 2. The lowest BCUT2D eigenvalue weighted by Gasteiger charge is -2.17. The predicted molar refractivity (Wildman–Crippen MR) is 89.2 cm³/mol. The second-order valence-corrected chi connectivity index (χ2v) is 6.83. The molecule has 0 spiro atoms. The second kappa shape index (κ2) is 6.51. The van der Waals surface area contributed by atoms with E-state index in [9.17, 15) is 5.11 Å². The molecule has 6 heteroatoms. The Kier molecular flexibility index (Phi) is 4.48. The molecule has 3 aromatic rings. The lowest BCUT2D eigenvalue weighted by molar-refractivity contribution is 0.280. The Balaban J connectivity index is 1.93. The van der Waals surface area contributed by atoms with Crippen molar-refractivity contribution < 1.29 is 5.11 Å². The highest BCUT2D eigenvalue weighted by Gasteiger charge is 2.15. The van der Waals surface area contributed by atoms with Crippen LogP contribution in [-0.4, -0.2) is 21.7 Å². The number of aryl methyl sites for hydroxylation is 1. The van der Waals surface area contributed by atoms with Crippen LogP contribution in [0.5, 0.6) is 0 Å². The van der Waals surface area contributed by atoms with Gasteiger partial charge in [0.1, 0.15) is 17.0 Å². The van der Waals surface area contributed by atoms with Gasteiger partial charge in [-0.15, -0.1) is 22.7 Å². The molecular formula is C15H17N3OS2. The summed E-state index contributed by atoms with van der Waals surface area (Å²) in [5.74, 6) is 0.850. The van der Waals surface area contributed by atoms with E-state index in [1.54, 1.807) is 29.0 Å². The van der Waals surface area contributed by atoms with Crippen molar-refractivity contribution in [2.45, 2.75) is 25.8 Å². The summed E-state index contributed by atoms with van der Waals surface area (Å²) >= 11 is 3.40. The van der Waals surface area contributed by atoms with Crippen LogP contribution in [0.3, 0.4) is 0 Å². The first-order valence-corrected chi connectivity index (χ1v) is 8.65. The van der Waals surface area contributed by atoms with Crippen molar-refractivity contribution in [3.05, 3.63) is 39.7 Å². The monoisotopic (exact) mass is 319 g/mol. The Bertz CT molecular complexity index is 709. The van der Waals surface area contributed by atoms with Gasteiger partial charge in [0.2, 0.25) is 0 Å². The van der Waals surface area contributed by atoms with E-state index in [2.05, 4.69) is 39.7 Å². The van der Waals surface area contributed by atoms with Gasteiger partial charge in [0.05, 0.1) is 11.4 Å². The van der Waals surface area contributed by atoms with Crippen molar-refractivity contribution in [3.8, 4) is 0 Å². The summed E-state index contributed by atoms with van der Waals surface area (Å²) in [6.07, 6.45) is 3.27. The van der Waals surface area contributed by atoms with Crippen LogP contribution in [0.4, 0.5) is 5.82 Å². The molecule has 0 aliphatic rings. The van der Waals surface area contributed by atoms with E-state index in [-0.39, 0.29) is 12.6 Å². The van der Waals surface area contributed by atoms with E-state index in [4.69, 9.17) is 0 Å². The summed E-state index contributed by atoms with van der Waals surface area (Å²) in [6, 6.07) is 6.35. The lowest BCUT2D eigenvalue weighted by Crippen LogP contribution is -2.12. The molecule has 1 unspecified atom stereocenters. The summed E-state index contributed by atoms with van der Waals surface area (Å²) in [6.45, 7) is 2.29. The average molecular weight is 319 g/mol. The molecule has 21 heavy (non-hydrogen) atoms. The minimum absolute atomic E-state index is 0.0816. The first-order valence-electron chi connectivity index (χ1n) is 6.96. The minimum Gasteiger partial charge on any atom is -0.396 e. The lowest BCUT2D eigenvalue weighted by atomic mass is 10.1. The van der Waals surface area contributed by atoms with Gasteiger partial charge in [-0.05, 0) is 30.4 Å². The number of hydrogen-bond acceptors (Lipinski definition) is 6. The fraction of sp³-hybridized carbons (Fsp3) is 0.333. The largest absolute Gasteiger partial charge is 0.396 e. The van der Waals surface area contributed by atoms with Gasteiger partial charge in [-0.1, -0.05) is 13.0 Å². The fourth-order valence-corrected chi connectivity index (χ4v) is 4.01. The maximum absolute atomic E-state index is 9.30. The van der Waals surface area contributed by atoms with E-state index in [0.29, 0.717) is 6.42 Å². The highest BCUT2D eigenvalue weighted by Crippen LogP contribution is 2.32. The normalized spacial score (nSPS) is 12.7. The smallest absolute Gasteiger partial charge is 0.138 e. The maximum Gasteiger partial charge on any atom is 0.138 e. The molecule has 0 aliphatic carbocycles. The number of aliphatic hydroxyl groups excluding tert-OH is 1. The number of rotatable bonds is 6. The molecule has 0 saturated carbocycles. The highest BCUT2D eigenvalue weighted by molar-refractivity contribution is 7.18. The number of aliphatic hydroxyl groups is 1. The number of anilines is 1. The Labute approximate surface area is 131 Å². The van der Waals surface area contributed by atoms with Crippen molar-refractivity contribution in [1.29, 1.82) is 0 Å². The summed E-state index contributed by atoms with van der Waals surface area (Å²) in [7, 11) is 0. The molecule has 0 radical (unpaired) electrons. The van der Waals surface area contributed by atoms with Crippen molar-refractivity contribution in [2.24, 2.45) is 0 Å². The van der Waals surface area contributed by atoms with E-state index in [1.807, 2.05) is 6.07 Å². The first-order chi connectivity index (χ1) is 10.3. The molecule has 3 rings (SSSR count). The molecule has 2 N–H and O–H groups in total. The average Bonchev–Trinajstić information content (AvgIpc) is 3.16. The molecule has 0 bridgehead atoms. The molecule has 3 aromatic heterocycles. The number of nitrogens with one attached hydrogen (secondary N) is 1. The van der Waals surface area contributed by atoms with Crippen LogP contribution in [0.25, 0.3) is 10.2 Å². The third kappa shape index (κ3) is 3.07. The Morgan fingerprint density at radius 3 is 3.00 bits per heavy atom. The van der Waals surface area contributed by atoms with Crippen LogP contribution in [0.2, 0.25) is 0 Å². The third-order valence-electron chi connectivity index (χ3n) is 3.34. The van der Waals surface area contributed by atoms with Crippen LogP contribution in [0.1, 0.15) is 29.1 Å². The molecule has 0 saturated heterocycles. The third-order valence-corrected chi connectivity index (χ3v) is 5.52. The quantitative estimate of drug-likeness (QED) is 0.724. The van der Waals surface area contributed by atoms with Crippen molar-refractivity contribution in [1.82, 2.24) is 9.97 Å². The van der Waals surface area contributed by atoms with Crippen LogP contribution >= 0.6 is 22.7 Å². The van der Waals surface area contributed by atoms with Gasteiger partial charge < -0.3 is 10.4 Å². The molecule has 0 fully saturated rings. The zero-order chi connectivity index (χ0) is 14.7. The van der Waals surface area contributed by atoms with Crippen LogP contribution in [0, 0.1) is 0 Å². The first kappa shape index (κ1) is 14.4. The summed E-state index contributed by atoms with van der Waals surface area (Å²) in [5, 5.41) is 15.9. The van der Waals surface area contributed by atoms with Gasteiger partial charge in [-0.2, -0.15) is 0 Å². The molecular weight excluding hydrogens is 302 g/mol. The van der Waals surface area contributed by atoms with Gasteiger partial charge in [0.15, 0.2) is 0 Å². The molecule has 0 aromatic carbocycles. The van der Waals surface area contributed by atoms with Crippen LogP contribution in [-0.2, 0) is 6.42 Å². The Morgan fingerprint density at radius 2 is 2.29 bits per heavy atom. The topological polar surface area (TPSA) is 58.0 Å². The number of hydrogen-bond donors (Lipinski definition) is 2. The maximum atomic E-state index is 9.30. The number of fused-ring (bicyclic) bond motifs is 1. The number of thiophene rings is 2. The van der Waals surface area contributed by atoms with Crippen molar-refractivity contribution >= 4 is 38.7 Å². The second-order valence-electron chi connectivity index (χ2n) is 4.73. The zero-order valence-electron chi connectivity index (χ0n) is 11.7. The van der Waals surface area contributed by atoms with E-state index < -0.39 is 0 Å². The minimum atomic E-state index is 0.0816. The molecule has 0 amide bonds. The number of aromatic nitrogens is 2. The molecule has 110 valence electrons. The predicted octanol–water partition coefficient (Wildman–Crippen LogP) is 3.85. The van der Waals surface area contributed by atoms with Gasteiger partial charge in [0, 0.05) is 16.4 Å². The van der Waals surface area contributed by atoms with Crippen molar-refractivity contribution in [2.75, 3.05) is 11.9 Å². The Morgan fingerprint density at radius 1 is 1.38 bits per heavy atom.